The fraction of sp³-hybridized carbons (Fsp3) is 1.00. The van der Waals surface area contributed by atoms with Crippen molar-refractivity contribution in [2.45, 2.75) is 78.7 Å². The summed E-state index contributed by atoms with van der Waals surface area (Å²) in [6, 6.07) is 0. The van der Waals surface area contributed by atoms with E-state index in [2.05, 4.69) is 34.6 Å². The van der Waals surface area contributed by atoms with Crippen LogP contribution in [0.25, 0.3) is 0 Å². The Morgan fingerprint density at radius 1 is 1.25 bits per heavy atom. The molecular weight excluding hydrogens is 194 g/mol. The van der Waals surface area contributed by atoms with Crippen LogP contribution < -0.4 is 5.73 Å². The van der Waals surface area contributed by atoms with Gasteiger partial charge in [0.1, 0.15) is 0 Å². The first-order valence-electron chi connectivity index (χ1n) is 6.97. The zero-order valence-corrected chi connectivity index (χ0v) is 12.0. The molecule has 0 heterocycles. The third-order valence-corrected chi connectivity index (χ3v) is 3.91. The number of hydrogen-bond acceptors (Lipinski definition) is 1. The van der Waals surface area contributed by atoms with Crippen LogP contribution in [0.3, 0.4) is 0 Å². The first-order valence-corrected chi connectivity index (χ1v) is 6.97. The maximum Gasteiger partial charge on any atom is 0.00970 e. The second kappa shape index (κ2) is 5.08. The van der Waals surface area contributed by atoms with Crippen LogP contribution >= 0.6 is 0 Å². The molecule has 2 atom stereocenters. The Morgan fingerprint density at radius 3 is 2.38 bits per heavy atom. The first kappa shape index (κ1) is 14.0. The van der Waals surface area contributed by atoms with Crippen molar-refractivity contribution in [3.63, 3.8) is 0 Å². The summed E-state index contributed by atoms with van der Waals surface area (Å²) in [6.45, 7) is 11.6. The van der Waals surface area contributed by atoms with Gasteiger partial charge in [-0.15, -0.1) is 0 Å². The van der Waals surface area contributed by atoms with Gasteiger partial charge >= 0.3 is 0 Å². The molecule has 0 aromatic rings. The zero-order valence-electron chi connectivity index (χ0n) is 12.0. The third-order valence-electron chi connectivity index (χ3n) is 3.91. The van der Waals surface area contributed by atoms with Crippen LogP contribution in [0.15, 0.2) is 0 Å². The van der Waals surface area contributed by atoms with Crippen LogP contribution in [-0.2, 0) is 0 Å². The minimum Gasteiger partial charge on any atom is -0.326 e. The van der Waals surface area contributed by atoms with E-state index in [1.54, 1.807) is 0 Å². The van der Waals surface area contributed by atoms with Crippen LogP contribution in [0, 0.1) is 17.3 Å². The maximum absolute atomic E-state index is 6.03. The quantitative estimate of drug-likeness (QED) is 0.756. The van der Waals surface area contributed by atoms with Crippen molar-refractivity contribution < 1.29 is 0 Å². The highest BCUT2D eigenvalue weighted by Gasteiger charge is 2.31. The van der Waals surface area contributed by atoms with Gasteiger partial charge in [0.25, 0.3) is 0 Å². The number of rotatable bonds is 4. The summed E-state index contributed by atoms with van der Waals surface area (Å²) in [7, 11) is 0. The molecule has 96 valence electrons. The molecule has 0 aromatic carbocycles. The van der Waals surface area contributed by atoms with Crippen molar-refractivity contribution in [1.29, 1.82) is 0 Å². The van der Waals surface area contributed by atoms with Gasteiger partial charge in [-0.3, -0.25) is 0 Å². The van der Waals surface area contributed by atoms with E-state index < -0.39 is 0 Å². The number of hydrogen-bond donors (Lipinski definition) is 1. The maximum atomic E-state index is 6.03. The Labute approximate surface area is 102 Å². The van der Waals surface area contributed by atoms with Crippen molar-refractivity contribution in [3.8, 4) is 0 Å². The van der Waals surface area contributed by atoms with Crippen molar-refractivity contribution in [1.82, 2.24) is 0 Å². The van der Waals surface area contributed by atoms with Gasteiger partial charge in [0, 0.05) is 5.54 Å². The summed E-state index contributed by atoms with van der Waals surface area (Å²) in [4.78, 5) is 0. The molecule has 2 N–H and O–H groups in total. The van der Waals surface area contributed by atoms with E-state index in [0.29, 0.717) is 5.41 Å². The summed E-state index contributed by atoms with van der Waals surface area (Å²) < 4.78 is 0. The molecule has 0 radical (unpaired) electrons. The summed E-state index contributed by atoms with van der Waals surface area (Å²) in [5.74, 6) is 1.86. The van der Waals surface area contributed by atoms with E-state index in [1.165, 1.54) is 32.1 Å². The lowest BCUT2D eigenvalue weighted by Gasteiger charge is -2.39. The highest BCUT2D eigenvalue weighted by atomic mass is 14.7. The zero-order chi connectivity index (χ0) is 12.4. The van der Waals surface area contributed by atoms with Gasteiger partial charge in [0.15, 0.2) is 0 Å². The minimum absolute atomic E-state index is 0.0236. The second-order valence-electron chi connectivity index (χ2n) is 7.66. The molecule has 2 unspecified atom stereocenters. The third kappa shape index (κ3) is 5.34. The normalized spacial score (nSPS) is 30.4. The lowest BCUT2D eigenvalue weighted by atomic mass is 9.67. The van der Waals surface area contributed by atoms with E-state index >= 15 is 0 Å². The molecule has 1 nitrogen and oxygen atoms in total. The molecule has 1 rings (SSSR count). The molecule has 1 aliphatic rings. The molecule has 0 amide bonds. The summed E-state index contributed by atoms with van der Waals surface area (Å²) in [5.41, 5.74) is 6.63. The van der Waals surface area contributed by atoms with Gasteiger partial charge < -0.3 is 5.73 Å². The second-order valence-corrected chi connectivity index (χ2v) is 7.66. The Kier molecular flexibility index (Phi) is 4.45. The Bertz CT molecular complexity index is 212. The van der Waals surface area contributed by atoms with Crippen molar-refractivity contribution in [3.05, 3.63) is 0 Å². The number of nitrogens with two attached hydrogens (primary N) is 1. The summed E-state index contributed by atoms with van der Waals surface area (Å²) in [6.07, 6.45) is 8.12. The highest BCUT2D eigenvalue weighted by Crippen LogP contribution is 2.43. The van der Waals surface area contributed by atoms with Gasteiger partial charge in [-0.05, 0) is 56.8 Å². The van der Waals surface area contributed by atoms with Crippen molar-refractivity contribution in [2.24, 2.45) is 23.0 Å². The smallest absolute Gasteiger partial charge is 0.00970 e. The van der Waals surface area contributed by atoms with Gasteiger partial charge in [0.2, 0.25) is 0 Å². The Morgan fingerprint density at radius 2 is 1.88 bits per heavy atom. The van der Waals surface area contributed by atoms with Crippen LogP contribution in [0.1, 0.15) is 73.1 Å². The fourth-order valence-electron chi connectivity index (χ4n) is 3.61. The predicted octanol–water partition coefficient (Wildman–Crippen LogP) is 4.36. The molecule has 0 saturated heterocycles. The standard InChI is InChI=1S/C15H31N/c1-12-9-13(11-14(2,3)10-12)7-6-8-15(4,5)16/h12-13H,6-11,16H2,1-5H3. The largest absolute Gasteiger partial charge is 0.326 e. The van der Waals surface area contributed by atoms with E-state index in [1.807, 2.05) is 0 Å². The molecule has 0 aromatic heterocycles. The Balaban J connectivity index is 2.32. The molecule has 1 fully saturated rings. The van der Waals surface area contributed by atoms with Crippen LogP contribution in [0.4, 0.5) is 0 Å². The van der Waals surface area contributed by atoms with E-state index in [9.17, 15) is 0 Å². The predicted molar refractivity (Wildman–Crippen MR) is 72.4 cm³/mol. The van der Waals surface area contributed by atoms with Crippen molar-refractivity contribution in [2.75, 3.05) is 0 Å². The average molecular weight is 225 g/mol. The SMILES string of the molecule is CC1CC(CCCC(C)(C)N)CC(C)(C)C1. The Hall–Kier alpha value is -0.0400. The van der Waals surface area contributed by atoms with Gasteiger partial charge in [-0.2, -0.15) is 0 Å². The van der Waals surface area contributed by atoms with Crippen LogP contribution in [0.5, 0.6) is 0 Å². The van der Waals surface area contributed by atoms with Gasteiger partial charge in [-0.1, -0.05) is 33.6 Å². The molecule has 16 heavy (non-hydrogen) atoms. The first-order chi connectivity index (χ1) is 7.18. The highest BCUT2D eigenvalue weighted by molar-refractivity contribution is 4.83. The fourth-order valence-corrected chi connectivity index (χ4v) is 3.61. The lowest BCUT2D eigenvalue weighted by molar-refractivity contribution is 0.124. The molecule has 0 bridgehead atoms. The minimum atomic E-state index is 0.0236. The van der Waals surface area contributed by atoms with Crippen LogP contribution in [-0.4, -0.2) is 5.54 Å². The van der Waals surface area contributed by atoms with E-state index in [0.717, 1.165) is 18.3 Å². The summed E-state index contributed by atoms with van der Waals surface area (Å²) in [5, 5.41) is 0. The molecule has 0 aliphatic heterocycles. The van der Waals surface area contributed by atoms with E-state index in [4.69, 9.17) is 5.73 Å². The van der Waals surface area contributed by atoms with Gasteiger partial charge in [-0.25, -0.2) is 0 Å². The van der Waals surface area contributed by atoms with Crippen molar-refractivity contribution >= 4 is 0 Å². The lowest BCUT2D eigenvalue weighted by Crippen LogP contribution is -2.32. The van der Waals surface area contributed by atoms with Crippen LogP contribution in [0.2, 0.25) is 0 Å². The topological polar surface area (TPSA) is 26.0 Å². The average Bonchev–Trinajstić information content (AvgIpc) is 1.96. The summed E-state index contributed by atoms with van der Waals surface area (Å²) >= 11 is 0. The molecule has 1 saturated carbocycles. The molecule has 0 spiro atoms. The monoisotopic (exact) mass is 225 g/mol. The van der Waals surface area contributed by atoms with E-state index in [-0.39, 0.29) is 5.54 Å². The molecule has 1 aliphatic carbocycles. The van der Waals surface area contributed by atoms with Gasteiger partial charge in [0.05, 0.1) is 0 Å². The molecule has 1 heteroatoms. The molecular formula is C15H31N.